The van der Waals surface area contributed by atoms with E-state index < -0.39 is 0 Å². The molecule has 0 aliphatic heterocycles. The van der Waals surface area contributed by atoms with E-state index in [9.17, 15) is 4.39 Å². The Bertz CT molecular complexity index is 500. The third-order valence-electron chi connectivity index (χ3n) is 2.36. The molecule has 2 rings (SSSR count). The van der Waals surface area contributed by atoms with Gasteiger partial charge in [0.15, 0.2) is 0 Å². The number of nitrogens with two attached hydrogens (primary N) is 1. The molecular formula is C13H15FN2OS. The van der Waals surface area contributed by atoms with Gasteiger partial charge >= 0.3 is 0 Å². The first-order valence-corrected chi connectivity index (χ1v) is 6.62. The van der Waals surface area contributed by atoms with Crippen molar-refractivity contribution in [3.05, 3.63) is 46.2 Å². The summed E-state index contributed by atoms with van der Waals surface area (Å²) in [6.07, 6.45) is 0.630. The van der Waals surface area contributed by atoms with E-state index in [2.05, 4.69) is 4.98 Å². The molecule has 2 aromatic rings. The number of ether oxygens (including phenoxy) is 1. The molecule has 0 aliphatic carbocycles. The molecule has 1 aromatic heterocycles. The SMILES string of the molecule is CC(N)Cc1cc(F)cc(OCc2cscn2)c1. The highest BCUT2D eigenvalue weighted by Gasteiger charge is 2.05. The van der Waals surface area contributed by atoms with Crippen molar-refractivity contribution < 1.29 is 9.13 Å². The Kier molecular flexibility index (Phi) is 4.28. The summed E-state index contributed by atoms with van der Waals surface area (Å²) in [5.74, 6) is 0.208. The molecule has 1 heterocycles. The van der Waals surface area contributed by atoms with Gasteiger partial charge in [-0.3, -0.25) is 0 Å². The van der Waals surface area contributed by atoms with Gasteiger partial charge in [-0.05, 0) is 31.0 Å². The smallest absolute Gasteiger partial charge is 0.131 e. The van der Waals surface area contributed by atoms with E-state index in [1.165, 1.54) is 23.5 Å². The molecule has 0 saturated carbocycles. The van der Waals surface area contributed by atoms with Gasteiger partial charge in [-0.15, -0.1) is 11.3 Å². The van der Waals surface area contributed by atoms with Gasteiger partial charge in [0.2, 0.25) is 0 Å². The number of rotatable bonds is 5. The fourth-order valence-electron chi connectivity index (χ4n) is 1.66. The minimum absolute atomic E-state index is 0.00168. The molecule has 2 N–H and O–H groups in total. The highest BCUT2D eigenvalue weighted by Crippen LogP contribution is 2.18. The standard InChI is InChI=1S/C13H15FN2OS/c1-9(15)2-10-3-11(14)5-13(4-10)17-6-12-7-18-8-16-12/h3-5,7-9H,2,6,15H2,1H3. The van der Waals surface area contributed by atoms with Crippen LogP contribution in [-0.2, 0) is 13.0 Å². The maximum absolute atomic E-state index is 13.4. The zero-order valence-corrected chi connectivity index (χ0v) is 10.9. The lowest BCUT2D eigenvalue weighted by atomic mass is 10.1. The van der Waals surface area contributed by atoms with Gasteiger partial charge in [-0.1, -0.05) is 0 Å². The van der Waals surface area contributed by atoms with Crippen molar-refractivity contribution in [2.24, 2.45) is 5.73 Å². The Balaban J connectivity index is 2.05. The topological polar surface area (TPSA) is 48.1 Å². The predicted octanol–water partition coefficient (Wildman–Crippen LogP) is 2.75. The lowest BCUT2D eigenvalue weighted by Crippen LogP contribution is -2.17. The van der Waals surface area contributed by atoms with E-state index >= 15 is 0 Å². The molecule has 1 atom stereocenters. The summed E-state index contributed by atoms with van der Waals surface area (Å²) in [6, 6.07) is 4.67. The zero-order valence-electron chi connectivity index (χ0n) is 10.1. The first-order valence-electron chi connectivity index (χ1n) is 5.68. The van der Waals surface area contributed by atoms with Crippen LogP contribution in [0.2, 0.25) is 0 Å². The van der Waals surface area contributed by atoms with Gasteiger partial charge in [0.05, 0.1) is 11.2 Å². The number of hydrogen-bond acceptors (Lipinski definition) is 4. The number of aromatic nitrogens is 1. The van der Waals surface area contributed by atoms with E-state index in [1.807, 2.05) is 18.4 Å². The van der Waals surface area contributed by atoms with E-state index in [4.69, 9.17) is 10.5 Å². The molecule has 1 aromatic carbocycles. The van der Waals surface area contributed by atoms with Crippen LogP contribution >= 0.6 is 11.3 Å². The number of thiazole rings is 1. The van der Waals surface area contributed by atoms with Crippen LogP contribution in [0.1, 0.15) is 18.2 Å². The minimum atomic E-state index is -0.304. The van der Waals surface area contributed by atoms with Gasteiger partial charge in [0.25, 0.3) is 0 Å². The van der Waals surface area contributed by atoms with Gasteiger partial charge < -0.3 is 10.5 Å². The lowest BCUT2D eigenvalue weighted by Gasteiger charge is -2.09. The zero-order chi connectivity index (χ0) is 13.0. The molecule has 0 fully saturated rings. The second kappa shape index (κ2) is 5.93. The van der Waals surface area contributed by atoms with Crippen molar-refractivity contribution in [2.45, 2.75) is 26.0 Å². The third kappa shape index (κ3) is 3.78. The maximum atomic E-state index is 13.4. The van der Waals surface area contributed by atoms with Crippen molar-refractivity contribution in [3.63, 3.8) is 0 Å². The summed E-state index contributed by atoms with van der Waals surface area (Å²) in [6.45, 7) is 2.24. The Labute approximate surface area is 109 Å². The highest BCUT2D eigenvalue weighted by atomic mass is 32.1. The first-order chi connectivity index (χ1) is 8.63. The van der Waals surface area contributed by atoms with Gasteiger partial charge in [0, 0.05) is 17.5 Å². The summed E-state index contributed by atoms with van der Waals surface area (Å²) < 4.78 is 18.9. The Morgan fingerprint density at radius 1 is 1.44 bits per heavy atom. The van der Waals surface area contributed by atoms with Crippen LogP contribution in [-0.4, -0.2) is 11.0 Å². The summed E-state index contributed by atoms with van der Waals surface area (Å²) in [4.78, 5) is 4.10. The van der Waals surface area contributed by atoms with E-state index in [0.717, 1.165) is 11.3 Å². The van der Waals surface area contributed by atoms with Crippen LogP contribution < -0.4 is 10.5 Å². The monoisotopic (exact) mass is 266 g/mol. The molecule has 96 valence electrons. The second-order valence-corrected chi connectivity index (χ2v) is 4.96. The van der Waals surface area contributed by atoms with E-state index in [1.54, 1.807) is 5.51 Å². The quantitative estimate of drug-likeness (QED) is 0.905. The summed E-state index contributed by atoms with van der Waals surface area (Å²) >= 11 is 1.51. The molecule has 0 amide bonds. The number of benzene rings is 1. The largest absolute Gasteiger partial charge is 0.487 e. The van der Waals surface area contributed by atoms with E-state index in [-0.39, 0.29) is 11.9 Å². The number of nitrogens with zero attached hydrogens (tertiary/aromatic N) is 1. The maximum Gasteiger partial charge on any atom is 0.131 e. The third-order valence-corrected chi connectivity index (χ3v) is 2.99. The van der Waals surface area contributed by atoms with Crippen LogP contribution in [0.3, 0.4) is 0 Å². The van der Waals surface area contributed by atoms with Crippen molar-refractivity contribution in [1.29, 1.82) is 0 Å². The first kappa shape index (κ1) is 13.0. The van der Waals surface area contributed by atoms with Crippen molar-refractivity contribution in [2.75, 3.05) is 0 Å². The molecule has 0 radical (unpaired) electrons. The molecule has 18 heavy (non-hydrogen) atoms. The van der Waals surface area contributed by atoms with Crippen LogP contribution in [0, 0.1) is 5.82 Å². The van der Waals surface area contributed by atoms with Crippen molar-refractivity contribution in [3.8, 4) is 5.75 Å². The normalized spacial score (nSPS) is 12.4. The molecular weight excluding hydrogens is 251 g/mol. The second-order valence-electron chi connectivity index (χ2n) is 4.25. The average Bonchev–Trinajstić information content (AvgIpc) is 2.77. The fourth-order valence-corrected chi connectivity index (χ4v) is 2.20. The van der Waals surface area contributed by atoms with Crippen LogP contribution in [0.25, 0.3) is 0 Å². The van der Waals surface area contributed by atoms with Crippen molar-refractivity contribution in [1.82, 2.24) is 4.98 Å². The molecule has 0 aliphatic rings. The van der Waals surface area contributed by atoms with Crippen LogP contribution in [0.5, 0.6) is 5.75 Å². The Hall–Kier alpha value is -1.46. The summed E-state index contributed by atoms with van der Waals surface area (Å²) in [5, 5.41) is 1.90. The fraction of sp³-hybridized carbons (Fsp3) is 0.308. The van der Waals surface area contributed by atoms with Gasteiger partial charge in [0.1, 0.15) is 18.2 Å². The van der Waals surface area contributed by atoms with Crippen LogP contribution in [0.15, 0.2) is 29.1 Å². The highest BCUT2D eigenvalue weighted by molar-refractivity contribution is 7.07. The lowest BCUT2D eigenvalue weighted by molar-refractivity contribution is 0.300. The average molecular weight is 266 g/mol. The number of hydrogen-bond donors (Lipinski definition) is 1. The summed E-state index contributed by atoms with van der Waals surface area (Å²) in [5.41, 5.74) is 9.14. The molecule has 0 spiro atoms. The molecule has 1 unspecified atom stereocenters. The minimum Gasteiger partial charge on any atom is -0.487 e. The van der Waals surface area contributed by atoms with E-state index in [0.29, 0.717) is 18.8 Å². The van der Waals surface area contributed by atoms with Crippen LogP contribution in [0.4, 0.5) is 4.39 Å². The molecule has 3 nitrogen and oxygen atoms in total. The predicted molar refractivity (Wildman–Crippen MR) is 70.2 cm³/mol. The molecule has 0 saturated heterocycles. The Morgan fingerprint density at radius 3 is 2.94 bits per heavy atom. The van der Waals surface area contributed by atoms with Crippen molar-refractivity contribution >= 4 is 11.3 Å². The molecule has 0 bridgehead atoms. The summed E-state index contributed by atoms with van der Waals surface area (Å²) in [7, 11) is 0. The molecule has 5 heteroatoms. The van der Waals surface area contributed by atoms with Gasteiger partial charge in [-0.25, -0.2) is 9.37 Å². The number of halogens is 1. The van der Waals surface area contributed by atoms with Gasteiger partial charge in [-0.2, -0.15) is 0 Å². The Morgan fingerprint density at radius 2 is 2.28 bits per heavy atom.